The lowest BCUT2D eigenvalue weighted by molar-refractivity contribution is -0.167. The second kappa shape index (κ2) is 68.1. The first kappa shape index (κ1) is 76.6. The van der Waals surface area contributed by atoms with E-state index in [4.69, 9.17) is 14.2 Å². The highest BCUT2D eigenvalue weighted by Gasteiger charge is 2.19. The fourth-order valence-electron chi connectivity index (χ4n) is 10.8. The summed E-state index contributed by atoms with van der Waals surface area (Å²) in [5.74, 6) is -0.838. The number of hydrogen-bond donors (Lipinski definition) is 0. The van der Waals surface area contributed by atoms with Crippen molar-refractivity contribution in [3.05, 3.63) is 36.5 Å². The predicted molar refractivity (Wildman–Crippen MR) is 344 cm³/mol. The lowest BCUT2D eigenvalue weighted by atomic mass is 10.0. The highest BCUT2D eigenvalue weighted by atomic mass is 16.6. The van der Waals surface area contributed by atoms with Gasteiger partial charge in [0.15, 0.2) is 6.10 Å². The molecule has 0 aromatic heterocycles. The first-order chi connectivity index (χ1) is 39.0. The molecule has 0 aromatic rings. The van der Waals surface area contributed by atoms with E-state index in [1.54, 1.807) is 0 Å². The Bertz CT molecular complexity index is 1320. The van der Waals surface area contributed by atoms with Crippen LogP contribution in [-0.2, 0) is 28.6 Å². The lowest BCUT2D eigenvalue weighted by Gasteiger charge is -2.18. The van der Waals surface area contributed by atoms with Gasteiger partial charge in [0, 0.05) is 19.3 Å². The molecule has 79 heavy (non-hydrogen) atoms. The van der Waals surface area contributed by atoms with Gasteiger partial charge >= 0.3 is 17.9 Å². The van der Waals surface area contributed by atoms with E-state index in [0.717, 1.165) is 70.6 Å². The third-order valence-electron chi connectivity index (χ3n) is 16.1. The van der Waals surface area contributed by atoms with E-state index in [-0.39, 0.29) is 31.1 Å². The van der Waals surface area contributed by atoms with Crippen molar-refractivity contribution in [1.29, 1.82) is 0 Å². The molecule has 0 rings (SSSR count). The van der Waals surface area contributed by atoms with E-state index in [2.05, 4.69) is 57.2 Å². The van der Waals surface area contributed by atoms with Crippen LogP contribution in [0.25, 0.3) is 0 Å². The van der Waals surface area contributed by atoms with Crippen LogP contribution >= 0.6 is 0 Å². The van der Waals surface area contributed by atoms with Crippen molar-refractivity contribution in [2.75, 3.05) is 13.2 Å². The first-order valence-electron chi connectivity index (χ1n) is 35.5. The normalized spacial score (nSPS) is 12.2. The fraction of sp³-hybridized carbons (Fsp3) is 0.877. The average Bonchev–Trinajstić information content (AvgIpc) is 3.45. The second-order valence-corrected chi connectivity index (χ2v) is 24.2. The molecule has 0 heterocycles. The standard InChI is InChI=1S/C73H136O6/c1-4-7-10-13-16-19-22-25-28-31-34-35-36-37-38-39-40-43-45-48-51-54-57-60-63-66-72(75)78-69-70(79-73(76)67-64-61-58-55-52-49-46-42-33-30-27-24-21-18-15-12-9-6-3)68-77-71(74)65-62-59-56-53-50-47-44-41-32-29-26-23-20-17-14-11-8-5-2/h22,25,31,34,36-37,70H,4-21,23-24,26-30,32-33,35,38-69H2,1-3H3/b25-22-,34-31-,37-36-. The van der Waals surface area contributed by atoms with Crippen molar-refractivity contribution in [2.24, 2.45) is 0 Å². The summed E-state index contributed by atoms with van der Waals surface area (Å²) >= 11 is 0. The molecular weight excluding hydrogens is 973 g/mol. The SMILES string of the molecule is CCCCCCC/C=C\C/C=C\C/C=C\CCCCCCCCCCCCC(=O)OCC(COC(=O)CCCCCCCCCCCCCCCCCCCC)OC(=O)CCCCCCCCCCCCCCCCCCCC. The predicted octanol–water partition coefficient (Wildman–Crippen LogP) is 24.3. The molecule has 0 aromatic carbocycles. The van der Waals surface area contributed by atoms with Gasteiger partial charge in [-0.15, -0.1) is 0 Å². The molecule has 0 aliphatic rings. The van der Waals surface area contributed by atoms with E-state index in [0.29, 0.717) is 19.3 Å². The molecule has 0 aliphatic heterocycles. The van der Waals surface area contributed by atoms with E-state index >= 15 is 0 Å². The van der Waals surface area contributed by atoms with Gasteiger partial charge in [-0.2, -0.15) is 0 Å². The molecule has 0 saturated carbocycles. The molecule has 1 atom stereocenters. The van der Waals surface area contributed by atoms with Crippen LogP contribution in [-0.4, -0.2) is 37.2 Å². The number of carbonyl (C=O) groups is 3. The van der Waals surface area contributed by atoms with Gasteiger partial charge in [0.05, 0.1) is 0 Å². The van der Waals surface area contributed by atoms with Crippen molar-refractivity contribution in [3.63, 3.8) is 0 Å². The number of allylic oxidation sites excluding steroid dienone is 6. The molecule has 1 unspecified atom stereocenters. The molecule has 0 radical (unpaired) electrons. The maximum atomic E-state index is 13.0. The second-order valence-electron chi connectivity index (χ2n) is 24.2. The van der Waals surface area contributed by atoms with Crippen molar-refractivity contribution in [1.82, 2.24) is 0 Å². The molecular formula is C73H136O6. The summed E-state index contributed by atoms with van der Waals surface area (Å²) in [6.07, 6.45) is 84.5. The van der Waals surface area contributed by atoms with Crippen molar-refractivity contribution >= 4 is 17.9 Å². The zero-order valence-electron chi connectivity index (χ0n) is 53.4. The van der Waals surface area contributed by atoms with Gasteiger partial charge in [0.1, 0.15) is 13.2 Å². The van der Waals surface area contributed by atoms with Crippen LogP contribution in [0.4, 0.5) is 0 Å². The van der Waals surface area contributed by atoms with Crippen LogP contribution in [0.2, 0.25) is 0 Å². The van der Waals surface area contributed by atoms with Gasteiger partial charge in [-0.3, -0.25) is 14.4 Å². The Morgan fingerprint density at radius 1 is 0.253 bits per heavy atom. The highest BCUT2D eigenvalue weighted by Crippen LogP contribution is 2.19. The summed E-state index contributed by atoms with van der Waals surface area (Å²) in [5, 5.41) is 0. The average molecular weight is 1110 g/mol. The molecule has 0 spiro atoms. The third kappa shape index (κ3) is 66.3. The Morgan fingerprint density at radius 3 is 0.709 bits per heavy atom. The van der Waals surface area contributed by atoms with Gasteiger partial charge in [0.2, 0.25) is 0 Å². The Morgan fingerprint density at radius 2 is 0.456 bits per heavy atom. The highest BCUT2D eigenvalue weighted by molar-refractivity contribution is 5.71. The van der Waals surface area contributed by atoms with Crippen molar-refractivity contribution in [3.8, 4) is 0 Å². The topological polar surface area (TPSA) is 78.9 Å². The molecule has 6 heteroatoms. The van der Waals surface area contributed by atoms with Crippen LogP contribution in [0.3, 0.4) is 0 Å². The Labute approximate surface area is 493 Å². The number of ether oxygens (including phenoxy) is 3. The summed E-state index contributed by atoms with van der Waals surface area (Å²) in [6.45, 7) is 6.71. The van der Waals surface area contributed by atoms with Crippen molar-refractivity contribution < 1.29 is 28.6 Å². The number of hydrogen-bond acceptors (Lipinski definition) is 6. The zero-order chi connectivity index (χ0) is 57.1. The monoisotopic (exact) mass is 1110 g/mol. The van der Waals surface area contributed by atoms with Gasteiger partial charge < -0.3 is 14.2 Å². The summed E-state index contributed by atoms with van der Waals surface area (Å²) in [4.78, 5) is 38.5. The molecule has 464 valence electrons. The van der Waals surface area contributed by atoms with E-state index in [9.17, 15) is 14.4 Å². The van der Waals surface area contributed by atoms with E-state index in [1.165, 1.54) is 283 Å². The number of carbonyl (C=O) groups excluding carboxylic acids is 3. The van der Waals surface area contributed by atoms with Crippen LogP contribution in [0.1, 0.15) is 393 Å². The van der Waals surface area contributed by atoms with Crippen molar-refractivity contribution in [2.45, 2.75) is 399 Å². The summed E-state index contributed by atoms with van der Waals surface area (Å²) in [6, 6.07) is 0. The maximum Gasteiger partial charge on any atom is 0.306 e. The summed E-state index contributed by atoms with van der Waals surface area (Å²) in [5.41, 5.74) is 0. The minimum absolute atomic E-state index is 0.0667. The Balaban J connectivity index is 4.30. The summed E-state index contributed by atoms with van der Waals surface area (Å²) < 4.78 is 17.0. The van der Waals surface area contributed by atoms with Gasteiger partial charge in [-0.05, 0) is 57.8 Å². The van der Waals surface area contributed by atoms with Crippen LogP contribution in [0.5, 0.6) is 0 Å². The molecule has 0 fully saturated rings. The molecule has 0 amide bonds. The minimum Gasteiger partial charge on any atom is -0.462 e. The van der Waals surface area contributed by atoms with E-state index in [1.807, 2.05) is 0 Å². The smallest absolute Gasteiger partial charge is 0.306 e. The Kier molecular flexibility index (Phi) is 66.1. The molecule has 6 nitrogen and oxygen atoms in total. The van der Waals surface area contributed by atoms with Gasteiger partial charge in [-0.25, -0.2) is 0 Å². The zero-order valence-corrected chi connectivity index (χ0v) is 53.4. The van der Waals surface area contributed by atoms with Crippen LogP contribution < -0.4 is 0 Å². The fourth-order valence-corrected chi connectivity index (χ4v) is 10.8. The minimum atomic E-state index is -0.771. The van der Waals surface area contributed by atoms with E-state index < -0.39 is 6.10 Å². The Hall–Kier alpha value is -2.37. The quantitative estimate of drug-likeness (QED) is 0.0261. The maximum absolute atomic E-state index is 13.0. The first-order valence-corrected chi connectivity index (χ1v) is 35.5. The number of rotatable bonds is 66. The molecule has 0 saturated heterocycles. The van der Waals surface area contributed by atoms with Gasteiger partial charge in [-0.1, -0.05) is 353 Å². The number of unbranched alkanes of at least 4 members (excludes halogenated alkanes) is 49. The molecule has 0 N–H and O–H groups in total. The molecule has 0 aliphatic carbocycles. The van der Waals surface area contributed by atoms with Crippen LogP contribution in [0.15, 0.2) is 36.5 Å². The largest absolute Gasteiger partial charge is 0.462 e. The summed E-state index contributed by atoms with van der Waals surface area (Å²) in [7, 11) is 0. The van der Waals surface area contributed by atoms with Crippen LogP contribution in [0, 0.1) is 0 Å². The third-order valence-corrected chi connectivity index (χ3v) is 16.1. The lowest BCUT2D eigenvalue weighted by Crippen LogP contribution is -2.30. The van der Waals surface area contributed by atoms with Gasteiger partial charge in [0.25, 0.3) is 0 Å². The number of esters is 3. The molecule has 0 bridgehead atoms.